The predicted molar refractivity (Wildman–Crippen MR) is 77.9 cm³/mol. The van der Waals surface area contributed by atoms with E-state index in [1.54, 1.807) is 14.2 Å². The van der Waals surface area contributed by atoms with Crippen molar-refractivity contribution in [3.8, 4) is 5.75 Å². The molecule has 0 spiro atoms. The van der Waals surface area contributed by atoms with Crippen molar-refractivity contribution >= 4 is 0 Å². The molecule has 0 aromatic heterocycles. The van der Waals surface area contributed by atoms with Crippen LogP contribution in [0.2, 0.25) is 0 Å². The van der Waals surface area contributed by atoms with Gasteiger partial charge in [-0.25, -0.2) is 0 Å². The predicted octanol–water partition coefficient (Wildman–Crippen LogP) is 2.57. The fourth-order valence-electron chi connectivity index (χ4n) is 2.78. The zero-order valence-electron chi connectivity index (χ0n) is 12.2. The molecule has 1 N–H and O–H groups in total. The van der Waals surface area contributed by atoms with Crippen molar-refractivity contribution in [1.29, 1.82) is 0 Å². The lowest BCUT2D eigenvalue weighted by Gasteiger charge is -2.28. The van der Waals surface area contributed by atoms with Crippen LogP contribution in [0, 0.1) is 0 Å². The topological polar surface area (TPSA) is 30.5 Å². The van der Waals surface area contributed by atoms with Gasteiger partial charge in [0, 0.05) is 25.8 Å². The summed E-state index contributed by atoms with van der Waals surface area (Å²) < 4.78 is 10.4. The molecular formula is C16H25NO2. The standard InChI is InChI=1S/C16H25NO2/c1-12(8-9-18-2)17-15-6-4-13-5-7-16(19-3)11-14(13)10-15/h5,7,11-12,15,17H,4,6,8-10H2,1-3H3. The fraction of sp³-hybridized carbons (Fsp3) is 0.625. The van der Waals surface area contributed by atoms with Crippen molar-refractivity contribution in [3.05, 3.63) is 29.3 Å². The Morgan fingerprint density at radius 2 is 2.16 bits per heavy atom. The Labute approximate surface area is 116 Å². The van der Waals surface area contributed by atoms with Crippen LogP contribution >= 0.6 is 0 Å². The van der Waals surface area contributed by atoms with E-state index in [2.05, 4.69) is 30.4 Å². The Kier molecular flexibility index (Phi) is 5.23. The van der Waals surface area contributed by atoms with E-state index in [4.69, 9.17) is 9.47 Å². The summed E-state index contributed by atoms with van der Waals surface area (Å²) in [6.45, 7) is 3.06. The van der Waals surface area contributed by atoms with E-state index < -0.39 is 0 Å². The molecule has 2 atom stereocenters. The number of benzene rings is 1. The molecule has 19 heavy (non-hydrogen) atoms. The second-order valence-electron chi connectivity index (χ2n) is 5.42. The summed E-state index contributed by atoms with van der Waals surface area (Å²) in [7, 11) is 3.49. The van der Waals surface area contributed by atoms with Crippen LogP contribution in [0.15, 0.2) is 18.2 Å². The fourth-order valence-corrected chi connectivity index (χ4v) is 2.78. The second-order valence-corrected chi connectivity index (χ2v) is 5.42. The highest BCUT2D eigenvalue weighted by molar-refractivity contribution is 5.37. The summed E-state index contributed by atoms with van der Waals surface area (Å²) >= 11 is 0. The van der Waals surface area contributed by atoms with E-state index >= 15 is 0 Å². The Bertz CT molecular complexity index is 406. The molecular weight excluding hydrogens is 238 g/mol. The molecule has 1 aromatic rings. The van der Waals surface area contributed by atoms with Crippen molar-refractivity contribution in [1.82, 2.24) is 5.32 Å². The van der Waals surface area contributed by atoms with Gasteiger partial charge in [0.2, 0.25) is 0 Å². The zero-order chi connectivity index (χ0) is 13.7. The van der Waals surface area contributed by atoms with E-state index in [1.165, 1.54) is 17.5 Å². The van der Waals surface area contributed by atoms with Gasteiger partial charge in [0.15, 0.2) is 0 Å². The first-order valence-corrected chi connectivity index (χ1v) is 7.13. The molecule has 3 nitrogen and oxygen atoms in total. The molecule has 0 bridgehead atoms. The van der Waals surface area contributed by atoms with Crippen molar-refractivity contribution in [3.63, 3.8) is 0 Å². The van der Waals surface area contributed by atoms with Crippen LogP contribution in [0.4, 0.5) is 0 Å². The van der Waals surface area contributed by atoms with Crippen LogP contribution in [0.25, 0.3) is 0 Å². The molecule has 1 aliphatic carbocycles. The number of nitrogens with one attached hydrogen (secondary N) is 1. The number of rotatable bonds is 6. The lowest BCUT2D eigenvalue weighted by molar-refractivity contribution is 0.182. The Balaban J connectivity index is 1.93. The Morgan fingerprint density at radius 1 is 1.32 bits per heavy atom. The van der Waals surface area contributed by atoms with E-state index in [9.17, 15) is 0 Å². The smallest absolute Gasteiger partial charge is 0.119 e. The highest BCUT2D eigenvalue weighted by Gasteiger charge is 2.20. The Morgan fingerprint density at radius 3 is 2.89 bits per heavy atom. The van der Waals surface area contributed by atoms with Crippen molar-refractivity contribution in [2.75, 3.05) is 20.8 Å². The molecule has 1 aliphatic rings. The number of aryl methyl sites for hydroxylation is 1. The maximum atomic E-state index is 5.31. The van der Waals surface area contributed by atoms with Crippen LogP contribution in [0.1, 0.15) is 30.9 Å². The average molecular weight is 263 g/mol. The molecule has 0 heterocycles. The average Bonchev–Trinajstić information content (AvgIpc) is 2.44. The number of ether oxygens (including phenoxy) is 2. The van der Waals surface area contributed by atoms with Gasteiger partial charge in [-0.3, -0.25) is 0 Å². The maximum Gasteiger partial charge on any atom is 0.119 e. The number of hydrogen-bond acceptors (Lipinski definition) is 3. The van der Waals surface area contributed by atoms with Crippen LogP contribution < -0.4 is 10.1 Å². The normalized spacial score (nSPS) is 19.8. The molecule has 0 radical (unpaired) electrons. The van der Waals surface area contributed by atoms with E-state index in [1.807, 2.05) is 0 Å². The molecule has 106 valence electrons. The molecule has 0 aliphatic heterocycles. The van der Waals surface area contributed by atoms with Gasteiger partial charge in [0.1, 0.15) is 5.75 Å². The first-order chi connectivity index (χ1) is 9.22. The molecule has 0 saturated carbocycles. The Hall–Kier alpha value is -1.06. The van der Waals surface area contributed by atoms with Gasteiger partial charge in [0.05, 0.1) is 7.11 Å². The zero-order valence-corrected chi connectivity index (χ0v) is 12.2. The first kappa shape index (κ1) is 14.4. The molecule has 3 heteroatoms. The number of methoxy groups -OCH3 is 2. The van der Waals surface area contributed by atoms with Gasteiger partial charge in [-0.15, -0.1) is 0 Å². The third-order valence-corrected chi connectivity index (χ3v) is 3.92. The summed E-state index contributed by atoms with van der Waals surface area (Å²) in [5, 5.41) is 3.71. The number of fused-ring (bicyclic) bond motifs is 1. The summed E-state index contributed by atoms with van der Waals surface area (Å²) in [5.41, 5.74) is 2.91. The van der Waals surface area contributed by atoms with Crippen LogP contribution in [-0.2, 0) is 17.6 Å². The molecule has 0 amide bonds. The van der Waals surface area contributed by atoms with E-state index in [-0.39, 0.29) is 0 Å². The lowest BCUT2D eigenvalue weighted by Crippen LogP contribution is -2.40. The van der Waals surface area contributed by atoms with E-state index in [0.717, 1.165) is 31.6 Å². The third kappa shape index (κ3) is 3.95. The minimum absolute atomic E-state index is 0.511. The highest BCUT2D eigenvalue weighted by atomic mass is 16.5. The third-order valence-electron chi connectivity index (χ3n) is 3.92. The monoisotopic (exact) mass is 263 g/mol. The summed E-state index contributed by atoms with van der Waals surface area (Å²) in [6, 6.07) is 7.54. The largest absolute Gasteiger partial charge is 0.497 e. The van der Waals surface area contributed by atoms with Gasteiger partial charge in [-0.05, 0) is 55.9 Å². The van der Waals surface area contributed by atoms with Crippen LogP contribution in [-0.4, -0.2) is 32.9 Å². The molecule has 1 aromatic carbocycles. The minimum atomic E-state index is 0.511. The van der Waals surface area contributed by atoms with Gasteiger partial charge in [0.25, 0.3) is 0 Å². The van der Waals surface area contributed by atoms with Crippen molar-refractivity contribution in [2.24, 2.45) is 0 Å². The quantitative estimate of drug-likeness (QED) is 0.855. The van der Waals surface area contributed by atoms with Crippen LogP contribution in [0.5, 0.6) is 5.75 Å². The van der Waals surface area contributed by atoms with Gasteiger partial charge in [-0.1, -0.05) is 6.07 Å². The van der Waals surface area contributed by atoms with Gasteiger partial charge < -0.3 is 14.8 Å². The highest BCUT2D eigenvalue weighted by Crippen LogP contribution is 2.25. The summed E-state index contributed by atoms with van der Waals surface area (Å²) in [6.07, 6.45) is 4.55. The lowest BCUT2D eigenvalue weighted by atomic mass is 9.87. The SMILES string of the molecule is COCCC(C)NC1CCc2ccc(OC)cc2C1. The molecule has 0 saturated heterocycles. The minimum Gasteiger partial charge on any atom is -0.497 e. The van der Waals surface area contributed by atoms with Gasteiger partial charge >= 0.3 is 0 Å². The summed E-state index contributed by atoms with van der Waals surface area (Å²) in [5.74, 6) is 0.965. The first-order valence-electron chi connectivity index (χ1n) is 7.13. The molecule has 2 unspecified atom stereocenters. The van der Waals surface area contributed by atoms with Crippen molar-refractivity contribution in [2.45, 2.75) is 44.7 Å². The number of hydrogen-bond donors (Lipinski definition) is 1. The summed E-state index contributed by atoms with van der Waals surface area (Å²) in [4.78, 5) is 0. The van der Waals surface area contributed by atoms with Gasteiger partial charge in [-0.2, -0.15) is 0 Å². The van der Waals surface area contributed by atoms with Crippen LogP contribution in [0.3, 0.4) is 0 Å². The maximum absolute atomic E-state index is 5.31. The molecule has 2 rings (SSSR count). The van der Waals surface area contributed by atoms with Crippen molar-refractivity contribution < 1.29 is 9.47 Å². The second kappa shape index (κ2) is 6.92. The van der Waals surface area contributed by atoms with E-state index in [0.29, 0.717) is 12.1 Å². The molecule has 0 fully saturated rings.